The first kappa shape index (κ1) is 23.3. The normalized spacial score (nSPS) is 14.9. The van der Waals surface area contributed by atoms with Gasteiger partial charge in [-0.15, -0.1) is 5.75 Å². The van der Waals surface area contributed by atoms with Crippen molar-refractivity contribution in [3.05, 3.63) is 113 Å². The molecule has 34 heavy (non-hydrogen) atoms. The highest BCUT2D eigenvalue weighted by Gasteiger charge is 2.34. The van der Waals surface area contributed by atoms with Gasteiger partial charge in [0.2, 0.25) is 0 Å². The van der Waals surface area contributed by atoms with Crippen LogP contribution in [0.4, 0.5) is 11.4 Å². The number of hydrogen-bond donors (Lipinski definition) is 2. The van der Waals surface area contributed by atoms with E-state index in [1.807, 2.05) is 79.6 Å². The first-order valence-electron chi connectivity index (χ1n) is 11.5. The first-order valence-corrected chi connectivity index (χ1v) is 11.5. The molecule has 0 bridgehead atoms. The molecule has 0 aromatic heterocycles. The Morgan fingerprint density at radius 2 is 1.65 bits per heavy atom. The maximum absolute atomic E-state index is 12.8. The van der Waals surface area contributed by atoms with E-state index in [1.54, 1.807) is 24.3 Å². The molecular formula is C29H29N2O3-. The molecule has 5 heteroatoms. The number of likely N-dealkylation sites (N-methyl/N-ethyl adjacent to an activating group) is 1. The van der Waals surface area contributed by atoms with Crippen LogP contribution in [0.25, 0.3) is 0 Å². The molecule has 4 rings (SSSR count). The maximum Gasteiger partial charge on any atom is 0.159 e. The van der Waals surface area contributed by atoms with Crippen LogP contribution in [0.15, 0.2) is 96.6 Å². The van der Waals surface area contributed by atoms with E-state index in [1.165, 1.54) is 6.07 Å². The zero-order valence-corrected chi connectivity index (χ0v) is 19.5. The van der Waals surface area contributed by atoms with Crippen molar-refractivity contribution in [1.82, 2.24) is 0 Å². The van der Waals surface area contributed by atoms with Crippen LogP contribution in [0.5, 0.6) is 5.75 Å². The average molecular weight is 454 g/mol. The Kier molecular flexibility index (Phi) is 6.85. The lowest BCUT2D eigenvalue weighted by Gasteiger charge is -2.34. The van der Waals surface area contributed by atoms with Gasteiger partial charge in [0.25, 0.3) is 0 Å². The zero-order chi connectivity index (χ0) is 24.1. The third-order valence-corrected chi connectivity index (χ3v) is 6.10. The largest absolute Gasteiger partial charge is 0.872 e. The molecule has 1 atom stereocenters. The van der Waals surface area contributed by atoms with Gasteiger partial charge in [-0.25, -0.2) is 0 Å². The molecule has 0 aliphatic heterocycles. The van der Waals surface area contributed by atoms with Crippen molar-refractivity contribution in [1.29, 1.82) is 0 Å². The van der Waals surface area contributed by atoms with E-state index in [0.717, 1.165) is 23.5 Å². The van der Waals surface area contributed by atoms with Crippen LogP contribution in [-0.2, 0) is 10.4 Å². The minimum atomic E-state index is -1.60. The smallest absolute Gasteiger partial charge is 0.159 e. The molecule has 0 fully saturated rings. The number of carbonyl (C=O) groups excluding carboxylic acids is 1. The van der Waals surface area contributed by atoms with Crippen LogP contribution >= 0.6 is 0 Å². The van der Waals surface area contributed by atoms with Gasteiger partial charge in [-0.2, -0.15) is 0 Å². The molecule has 0 saturated carbocycles. The van der Waals surface area contributed by atoms with E-state index in [2.05, 4.69) is 5.32 Å². The zero-order valence-electron chi connectivity index (χ0n) is 19.5. The fourth-order valence-corrected chi connectivity index (χ4v) is 4.34. The van der Waals surface area contributed by atoms with Crippen molar-refractivity contribution >= 4 is 17.2 Å². The highest BCUT2D eigenvalue weighted by Crippen LogP contribution is 2.40. The highest BCUT2D eigenvalue weighted by atomic mass is 16.3. The van der Waals surface area contributed by atoms with E-state index in [-0.39, 0.29) is 11.5 Å². The Morgan fingerprint density at radius 3 is 2.26 bits per heavy atom. The lowest BCUT2D eigenvalue weighted by atomic mass is 9.80. The lowest BCUT2D eigenvalue weighted by molar-refractivity contribution is -0.271. The molecule has 1 aliphatic rings. The molecule has 5 nitrogen and oxygen atoms in total. The molecule has 0 heterocycles. The second kappa shape index (κ2) is 9.98. The standard InChI is InChI=1S/C29H30N2O3/c1-3-30-24-15-11-22(12-16-24)29(34,27-9-4-5-10-28(27)33)23-13-17-25(18-14-23)31(2)20-21-7-6-8-26(32)19-21/h4-7,9-19,30,33-34H,3,8,20H2,1-2H3/p-1. The molecular weight excluding hydrogens is 424 g/mol. The molecule has 3 aromatic carbocycles. The van der Waals surface area contributed by atoms with Crippen molar-refractivity contribution < 1.29 is 15.0 Å². The summed E-state index contributed by atoms with van der Waals surface area (Å²) in [6, 6.07) is 21.7. The van der Waals surface area contributed by atoms with E-state index < -0.39 is 5.60 Å². The van der Waals surface area contributed by atoms with Crippen LogP contribution in [-0.4, -0.2) is 31.0 Å². The summed E-state index contributed by atoms with van der Waals surface area (Å²) in [4.78, 5) is 13.7. The number of nitrogens with one attached hydrogen (secondary N) is 1. The topological polar surface area (TPSA) is 75.6 Å². The van der Waals surface area contributed by atoms with Crippen LogP contribution in [0.3, 0.4) is 0 Å². The van der Waals surface area contributed by atoms with Crippen molar-refractivity contribution in [2.24, 2.45) is 0 Å². The molecule has 0 amide bonds. The van der Waals surface area contributed by atoms with Crippen LogP contribution in [0.2, 0.25) is 0 Å². The second-order valence-electron chi connectivity index (χ2n) is 8.51. The SMILES string of the molecule is CCNc1ccc(C(O)(c2ccc(N(C)CC3=CC(=O)CC=C3)cc2)c2ccccc2[O-])cc1. The van der Waals surface area contributed by atoms with Gasteiger partial charge in [0.1, 0.15) is 5.60 Å². The summed E-state index contributed by atoms with van der Waals surface area (Å²) in [7, 11) is 1.96. The summed E-state index contributed by atoms with van der Waals surface area (Å²) in [5.74, 6) is -0.106. The number of nitrogens with zero attached hydrogens (tertiary/aromatic N) is 1. The third-order valence-electron chi connectivity index (χ3n) is 6.10. The van der Waals surface area contributed by atoms with Gasteiger partial charge in [-0.3, -0.25) is 4.79 Å². The van der Waals surface area contributed by atoms with Crippen molar-refractivity contribution in [2.45, 2.75) is 18.9 Å². The lowest BCUT2D eigenvalue weighted by Crippen LogP contribution is -2.30. The maximum atomic E-state index is 12.8. The van der Waals surface area contributed by atoms with Crippen molar-refractivity contribution in [2.75, 3.05) is 30.4 Å². The van der Waals surface area contributed by atoms with Crippen LogP contribution in [0.1, 0.15) is 30.0 Å². The predicted octanol–water partition coefficient (Wildman–Crippen LogP) is 4.37. The minimum Gasteiger partial charge on any atom is -0.872 e. The number of hydrogen-bond acceptors (Lipinski definition) is 5. The van der Waals surface area contributed by atoms with E-state index in [4.69, 9.17) is 0 Å². The third kappa shape index (κ3) is 4.75. The highest BCUT2D eigenvalue weighted by molar-refractivity contribution is 5.93. The van der Waals surface area contributed by atoms with Gasteiger partial charge >= 0.3 is 0 Å². The van der Waals surface area contributed by atoms with Crippen LogP contribution < -0.4 is 15.3 Å². The summed E-state index contributed by atoms with van der Waals surface area (Å²) in [6.45, 7) is 3.42. The summed E-state index contributed by atoms with van der Waals surface area (Å²) >= 11 is 0. The Morgan fingerprint density at radius 1 is 1.00 bits per heavy atom. The minimum absolute atomic E-state index is 0.114. The predicted molar refractivity (Wildman–Crippen MR) is 135 cm³/mol. The number of carbonyl (C=O) groups is 1. The number of aliphatic hydroxyl groups is 1. The van der Waals surface area contributed by atoms with E-state index in [9.17, 15) is 15.0 Å². The molecule has 2 N–H and O–H groups in total. The molecule has 1 aliphatic carbocycles. The monoisotopic (exact) mass is 453 g/mol. The van der Waals surface area contributed by atoms with Crippen molar-refractivity contribution in [3.8, 4) is 5.75 Å². The number of anilines is 2. The second-order valence-corrected chi connectivity index (χ2v) is 8.51. The fraction of sp³-hybridized carbons (Fsp3) is 0.207. The molecule has 1 unspecified atom stereocenters. The summed E-state index contributed by atoms with van der Waals surface area (Å²) in [5.41, 5.74) is 2.79. The Hall–Kier alpha value is -3.83. The summed E-state index contributed by atoms with van der Waals surface area (Å²) < 4.78 is 0. The number of allylic oxidation sites excluding steroid dienone is 2. The molecule has 174 valence electrons. The van der Waals surface area contributed by atoms with Crippen molar-refractivity contribution in [3.63, 3.8) is 0 Å². The first-order chi connectivity index (χ1) is 16.4. The number of para-hydroxylation sites is 1. The van der Waals surface area contributed by atoms with Gasteiger partial charge in [0, 0.05) is 37.9 Å². The van der Waals surface area contributed by atoms with Crippen LogP contribution in [0, 0.1) is 0 Å². The summed E-state index contributed by atoms with van der Waals surface area (Å²) in [6.07, 6.45) is 6.01. The summed E-state index contributed by atoms with van der Waals surface area (Å²) in [5, 5.41) is 28.1. The fourth-order valence-electron chi connectivity index (χ4n) is 4.34. The Labute approximate surface area is 200 Å². The van der Waals surface area contributed by atoms with E-state index >= 15 is 0 Å². The quantitative estimate of drug-likeness (QED) is 0.496. The van der Waals surface area contributed by atoms with Gasteiger partial charge in [0.05, 0.1) is 0 Å². The van der Waals surface area contributed by atoms with Gasteiger partial charge in [-0.1, -0.05) is 60.7 Å². The molecule has 0 spiro atoms. The van der Waals surface area contributed by atoms with Gasteiger partial charge < -0.3 is 20.4 Å². The average Bonchev–Trinajstić information content (AvgIpc) is 2.85. The number of benzene rings is 3. The van der Waals surface area contributed by atoms with E-state index in [0.29, 0.717) is 29.7 Å². The van der Waals surface area contributed by atoms with Gasteiger partial charge in [-0.05, 0) is 59.5 Å². The molecule has 3 aromatic rings. The number of rotatable bonds is 8. The molecule has 0 saturated heterocycles. The Bertz CT molecular complexity index is 1210. The Balaban J connectivity index is 1.69. The number of ketones is 1. The molecule has 0 radical (unpaired) electrons. The van der Waals surface area contributed by atoms with Gasteiger partial charge in [0.15, 0.2) is 5.78 Å².